The second-order valence-corrected chi connectivity index (χ2v) is 46.5. The zero-order chi connectivity index (χ0) is 92.4. The molecule has 2 amide bonds. The summed E-state index contributed by atoms with van der Waals surface area (Å²) in [6.07, 6.45) is 2.68. The third-order valence-electron chi connectivity index (χ3n) is 22.0. The molecule has 0 bridgehead atoms. The van der Waals surface area contributed by atoms with Crippen LogP contribution in [0.25, 0.3) is 22.5 Å². The molecule has 678 valence electrons. The smallest absolute Gasteiger partial charge is 0.407 e. The molecule has 10 rings (SSSR count). The van der Waals surface area contributed by atoms with Crippen LogP contribution < -0.4 is 31.9 Å². The van der Waals surface area contributed by atoms with Gasteiger partial charge in [0.15, 0.2) is 28.2 Å². The molecular formula is C100H132F4N10O10Si2. The molecule has 20 nitrogen and oxygen atoms in total. The fraction of sp³-hybridized carbons (Fsp3) is 0.410. The van der Waals surface area contributed by atoms with Crippen LogP contribution in [0.2, 0.25) is 36.3 Å². The summed E-state index contributed by atoms with van der Waals surface area (Å²) in [6.45, 7) is 42.9. The standard InChI is InChI=1S/2C33H38F2N4O2.C17H29NO3Si.C17H27NO3Si/c2*1-23(19-37-32(40)41-22-25-13-9-6-10-14-25)18-36-30(33(2,3)4)31-38-29(27-17-26(34)15-16-28(27)35)21-39(31)20-24-11-7-5-8-12-24;2*1-17(2,3)22(4,5)21-15(13-19)11-18-12-16(20)14-9-7-6-8-10-14/h2*5-17,21,23,30,36H,18-20,22H2,1-4H3,(H,37,40);6-10,15,18-19H,11-13H2,1-5H3;6-10,13,15,18H,11-12H2,1-5H3/t23-,30+;23-,30-;;/m10../s1. The Hall–Kier alpha value is -10.4. The molecule has 10 aromatic rings. The van der Waals surface area contributed by atoms with Gasteiger partial charge in [0, 0.05) is 87.0 Å². The number of alkyl carbamates (subject to hydrolysis) is 2. The van der Waals surface area contributed by atoms with Crippen LogP contribution in [-0.4, -0.2) is 142 Å². The highest BCUT2D eigenvalue weighted by Gasteiger charge is 2.41. The van der Waals surface area contributed by atoms with Crippen LogP contribution in [0, 0.1) is 45.9 Å². The van der Waals surface area contributed by atoms with Crippen molar-refractivity contribution in [3.63, 3.8) is 0 Å². The van der Waals surface area contributed by atoms with E-state index in [1.165, 1.54) is 12.1 Å². The first-order valence-corrected chi connectivity index (χ1v) is 48.8. The first-order chi connectivity index (χ1) is 59.5. The van der Waals surface area contributed by atoms with E-state index in [1.807, 2.05) is 181 Å². The number of Topliss-reactive ketones (excluding diaryl/α,β-unsaturated/α-hetero) is 2. The molecule has 2 unspecified atom stereocenters. The van der Waals surface area contributed by atoms with Crippen LogP contribution in [0.1, 0.15) is 164 Å². The van der Waals surface area contributed by atoms with Crippen molar-refractivity contribution in [2.24, 2.45) is 22.7 Å². The molecule has 0 spiro atoms. The van der Waals surface area contributed by atoms with Gasteiger partial charge in [-0.25, -0.2) is 37.1 Å². The zero-order valence-electron chi connectivity index (χ0n) is 76.6. The van der Waals surface area contributed by atoms with Crippen LogP contribution in [0.3, 0.4) is 0 Å². The van der Waals surface area contributed by atoms with Gasteiger partial charge in [0.2, 0.25) is 0 Å². The fourth-order valence-electron chi connectivity index (χ4n) is 12.7. The lowest BCUT2D eigenvalue weighted by Crippen LogP contribution is -2.48. The Morgan fingerprint density at radius 3 is 1.11 bits per heavy atom. The van der Waals surface area contributed by atoms with Crippen molar-refractivity contribution in [1.82, 2.24) is 51.0 Å². The Balaban J connectivity index is 0.000000241. The molecule has 0 saturated heterocycles. The van der Waals surface area contributed by atoms with Crippen molar-refractivity contribution in [3.05, 3.63) is 299 Å². The number of aromatic nitrogens is 4. The fourth-order valence-corrected chi connectivity index (χ4v) is 15.3. The van der Waals surface area contributed by atoms with E-state index in [4.69, 9.17) is 28.3 Å². The van der Waals surface area contributed by atoms with Crippen LogP contribution in [0.15, 0.2) is 231 Å². The monoisotopic (exact) mass is 1760 g/mol. The van der Waals surface area contributed by atoms with Crippen molar-refractivity contribution in [2.45, 2.75) is 184 Å². The number of hydrogen-bond acceptors (Lipinski definition) is 16. The summed E-state index contributed by atoms with van der Waals surface area (Å²) in [7, 11) is -3.90. The number of ether oxygens (including phenoxy) is 2. The van der Waals surface area contributed by atoms with Gasteiger partial charge in [0.25, 0.3) is 0 Å². The quantitative estimate of drug-likeness (QED) is 0.00822. The maximum atomic E-state index is 14.7. The maximum Gasteiger partial charge on any atom is 0.407 e. The van der Waals surface area contributed by atoms with Gasteiger partial charge >= 0.3 is 12.2 Å². The molecule has 0 saturated carbocycles. The Kier molecular flexibility index (Phi) is 40.0. The van der Waals surface area contributed by atoms with Gasteiger partial charge in [-0.15, -0.1) is 0 Å². The van der Waals surface area contributed by atoms with Gasteiger partial charge in [-0.1, -0.05) is 279 Å². The number of carbonyl (C=O) groups is 5. The molecule has 0 aliphatic carbocycles. The van der Waals surface area contributed by atoms with Crippen molar-refractivity contribution < 1.29 is 65.0 Å². The van der Waals surface area contributed by atoms with E-state index in [0.29, 0.717) is 74.9 Å². The number of nitrogens with zero attached hydrogens (tertiary/aromatic N) is 4. The number of nitrogens with one attached hydrogen (secondary N) is 6. The highest BCUT2D eigenvalue weighted by molar-refractivity contribution is 6.74. The van der Waals surface area contributed by atoms with Crippen LogP contribution in [-0.2, 0) is 49.4 Å². The lowest BCUT2D eigenvalue weighted by atomic mass is 9.85. The minimum Gasteiger partial charge on any atom is -0.445 e. The van der Waals surface area contributed by atoms with Crippen molar-refractivity contribution >= 4 is 46.7 Å². The van der Waals surface area contributed by atoms with Crippen molar-refractivity contribution in [2.75, 3.05) is 59.0 Å². The predicted molar refractivity (Wildman–Crippen MR) is 499 cm³/mol. The highest BCUT2D eigenvalue weighted by Crippen LogP contribution is 2.40. The minimum absolute atomic E-state index is 0.0116. The molecule has 2 heterocycles. The van der Waals surface area contributed by atoms with Gasteiger partial charge in [-0.3, -0.25) is 9.59 Å². The molecule has 7 N–H and O–H groups in total. The third-order valence-corrected chi connectivity index (χ3v) is 31.0. The highest BCUT2D eigenvalue weighted by atomic mass is 28.4. The number of halogens is 4. The van der Waals surface area contributed by atoms with Crippen molar-refractivity contribution in [3.8, 4) is 22.5 Å². The Labute approximate surface area is 745 Å². The molecule has 0 aliphatic rings. The number of carbonyl (C=O) groups excluding carboxylic acids is 5. The minimum atomic E-state index is -1.99. The van der Waals surface area contributed by atoms with E-state index >= 15 is 0 Å². The number of ketones is 2. The van der Waals surface area contributed by atoms with E-state index < -0.39 is 58.2 Å². The first-order valence-electron chi connectivity index (χ1n) is 43.0. The zero-order valence-corrected chi connectivity index (χ0v) is 78.6. The number of benzene rings is 8. The molecule has 0 radical (unpaired) electrons. The topological polar surface area (TPSA) is 250 Å². The summed E-state index contributed by atoms with van der Waals surface area (Å²) in [4.78, 5) is 69.4. The normalized spacial score (nSPS) is 13.3. The van der Waals surface area contributed by atoms with E-state index in [1.54, 1.807) is 36.7 Å². The summed E-state index contributed by atoms with van der Waals surface area (Å²) in [6, 6.07) is 63.6. The summed E-state index contributed by atoms with van der Waals surface area (Å²) < 4.78 is 84.4. The van der Waals surface area contributed by atoms with Crippen LogP contribution in [0.4, 0.5) is 27.2 Å². The molecule has 2 aromatic heterocycles. The predicted octanol–water partition coefficient (Wildman–Crippen LogP) is 20.1. The van der Waals surface area contributed by atoms with Gasteiger partial charge < -0.3 is 69.3 Å². The van der Waals surface area contributed by atoms with Crippen molar-refractivity contribution in [1.29, 1.82) is 0 Å². The molecule has 126 heavy (non-hydrogen) atoms. The number of rotatable bonds is 38. The Morgan fingerprint density at radius 2 is 0.778 bits per heavy atom. The van der Waals surface area contributed by atoms with Gasteiger partial charge in [-0.05, 0) is 118 Å². The summed E-state index contributed by atoms with van der Waals surface area (Å²) in [5.41, 5.74) is 5.81. The van der Waals surface area contributed by atoms with E-state index in [-0.39, 0.29) is 107 Å². The average Bonchev–Trinajstić information content (AvgIpc) is 1.63. The largest absolute Gasteiger partial charge is 0.445 e. The van der Waals surface area contributed by atoms with E-state index in [0.717, 1.165) is 64.5 Å². The molecule has 0 aliphatic heterocycles. The van der Waals surface area contributed by atoms with Gasteiger partial charge in [0.05, 0.1) is 49.3 Å². The number of aliphatic hydroxyl groups is 1. The second-order valence-electron chi connectivity index (χ2n) is 37.0. The second kappa shape index (κ2) is 49.1. The van der Waals surface area contributed by atoms with E-state index in [9.17, 15) is 46.6 Å². The molecule has 8 aromatic carbocycles. The summed E-state index contributed by atoms with van der Waals surface area (Å²) in [5, 5.41) is 28.7. The molecule has 6 atom stereocenters. The SMILES string of the molecule is CC(C)(C)[Si](C)(C)OC(C=O)CNCC(=O)c1ccccc1.CC(C)(C)[Si](C)(C)OC(CO)CNCC(=O)c1ccccc1.C[C@@H](CNC(=O)OCc1ccccc1)CN[C@@H](c1nc(-c2cc(F)ccc2F)cn1Cc1ccccc1)C(C)(C)C.C[C@H](CNC(=O)OCc1ccccc1)CN[C@@H](c1nc(-c2cc(F)ccc2F)cn1Cc1ccccc1)C(C)(C)C. The first kappa shape index (κ1) is 103. The number of amides is 2. The van der Waals surface area contributed by atoms with Crippen LogP contribution in [0.5, 0.6) is 0 Å². The number of imidazole rings is 2. The van der Waals surface area contributed by atoms with Gasteiger partial charge in [0.1, 0.15) is 60.5 Å². The lowest BCUT2D eigenvalue weighted by molar-refractivity contribution is -0.114. The summed E-state index contributed by atoms with van der Waals surface area (Å²) >= 11 is 0. The molecule has 26 heteroatoms. The number of hydrogen-bond donors (Lipinski definition) is 7. The molecular weight excluding hydrogens is 1630 g/mol. The lowest BCUT2D eigenvalue weighted by Gasteiger charge is -2.39. The third kappa shape index (κ3) is 34.1. The Morgan fingerprint density at radius 1 is 0.444 bits per heavy atom. The number of aldehydes is 1. The Bertz CT molecular complexity index is 4750. The molecule has 0 fully saturated rings. The average molecular weight is 1770 g/mol. The van der Waals surface area contributed by atoms with E-state index in [2.05, 4.69) is 141 Å². The maximum absolute atomic E-state index is 14.7. The van der Waals surface area contributed by atoms with Crippen LogP contribution >= 0.6 is 0 Å². The number of aliphatic hydroxyl groups excluding tert-OH is 1. The van der Waals surface area contributed by atoms with Gasteiger partial charge in [-0.2, -0.15) is 0 Å². The summed E-state index contributed by atoms with van der Waals surface area (Å²) in [5.74, 6) is -0.414.